The van der Waals surface area contributed by atoms with Gasteiger partial charge >= 0.3 is 5.97 Å². The Bertz CT molecular complexity index is 419. The van der Waals surface area contributed by atoms with E-state index in [2.05, 4.69) is 10.3 Å². The summed E-state index contributed by atoms with van der Waals surface area (Å²) in [5, 5.41) is 17.3. The van der Waals surface area contributed by atoms with Crippen LogP contribution < -0.4 is 0 Å². The molecule has 16 heavy (non-hydrogen) atoms. The minimum atomic E-state index is -0.753. The van der Waals surface area contributed by atoms with Crippen LogP contribution in [0.25, 0.3) is 0 Å². The normalized spacial score (nSPS) is 22.8. The molecule has 0 atom stereocenters. The lowest BCUT2D eigenvalue weighted by molar-refractivity contribution is -0.147. The van der Waals surface area contributed by atoms with Gasteiger partial charge in [0.15, 0.2) is 0 Å². The lowest BCUT2D eigenvalue weighted by atomic mass is 9.67. The van der Waals surface area contributed by atoms with Crippen LogP contribution in [0.3, 0.4) is 0 Å². The molecule has 2 saturated carbocycles. The van der Waals surface area contributed by atoms with Crippen molar-refractivity contribution < 1.29 is 9.90 Å². The fourth-order valence-corrected chi connectivity index (χ4v) is 2.28. The molecular formula is C11H15N3O2. The summed E-state index contributed by atoms with van der Waals surface area (Å²) in [6.07, 6.45) is 6.72. The third-order valence-corrected chi connectivity index (χ3v) is 3.79. The zero-order valence-corrected chi connectivity index (χ0v) is 9.09. The summed E-state index contributed by atoms with van der Waals surface area (Å²) in [6, 6.07) is 0. The summed E-state index contributed by atoms with van der Waals surface area (Å²) in [7, 11) is 0. The van der Waals surface area contributed by atoms with E-state index in [4.69, 9.17) is 0 Å². The van der Waals surface area contributed by atoms with Crippen molar-refractivity contribution in [2.24, 2.45) is 5.92 Å². The van der Waals surface area contributed by atoms with Gasteiger partial charge in [-0.05, 0) is 31.6 Å². The Kier molecular flexibility index (Phi) is 2.02. The zero-order valence-electron chi connectivity index (χ0n) is 9.09. The standard InChI is InChI=1S/C11H15N3O2/c15-10(16)11(4-1-5-11)9-7-14(13-12-9)6-8-2-3-8/h7-8H,1-6H2,(H,15,16). The third kappa shape index (κ3) is 1.42. The molecule has 86 valence electrons. The number of aliphatic carboxylic acids is 1. The van der Waals surface area contributed by atoms with Crippen molar-refractivity contribution in [3.63, 3.8) is 0 Å². The van der Waals surface area contributed by atoms with Gasteiger partial charge < -0.3 is 5.11 Å². The largest absolute Gasteiger partial charge is 0.481 e. The number of carboxylic acids is 1. The molecule has 5 nitrogen and oxygen atoms in total. The van der Waals surface area contributed by atoms with Crippen LogP contribution in [0.2, 0.25) is 0 Å². The molecule has 0 spiro atoms. The van der Waals surface area contributed by atoms with Crippen LogP contribution in [-0.2, 0) is 16.8 Å². The van der Waals surface area contributed by atoms with E-state index in [0.29, 0.717) is 18.5 Å². The van der Waals surface area contributed by atoms with E-state index in [-0.39, 0.29) is 0 Å². The minimum absolute atomic E-state index is 0.645. The number of rotatable bonds is 4. The Hall–Kier alpha value is -1.39. The number of hydrogen-bond donors (Lipinski definition) is 1. The number of carboxylic acid groups (broad SMARTS) is 1. The molecule has 0 bridgehead atoms. The van der Waals surface area contributed by atoms with Gasteiger partial charge in [-0.3, -0.25) is 9.48 Å². The van der Waals surface area contributed by atoms with Crippen molar-refractivity contribution in [1.29, 1.82) is 0 Å². The van der Waals surface area contributed by atoms with E-state index in [0.717, 1.165) is 18.9 Å². The molecule has 1 N–H and O–H groups in total. The first kappa shape index (κ1) is 9.81. The van der Waals surface area contributed by atoms with E-state index in [1.807, 2.05) is 6.20 Å². The Labute approximate surface area is 93.5 Å². The molecule has 1 heterocycles. The summed E-state index contributed by atoms with van der Waals surface area (Å²) in [4.78, 5) is 11.3. The maximum absolute atomic E-state index is 11.3. The fourth-order valence-electron chi connectivity index (χ4n) is 2.28. The van der Waals surface area contributed by atoms with Gasteiger partial charge in [0.2, 0.25) is 0 Å². The van der Waals surface area contributed by atoms with Crippen LogP contribution in [0.15, 0.2) is 6.20 Å². The molecule has 1 aromatic heterocycles. The van der Waals surface area contributed by atoms with E-state index >= 15 is 0 Å². The van der Waals surface area contributed by atoms with E-state index in [9.17, 15) is 9.90 Å². The molecule has 2 fully saturated rings. The van der Waals surface area contributed by atoms with Gasteiger partial charge in [-0.1, -0.05) is 11.6 Å². The molecule has 2 aliphatic rings. The SMILES string of the molecule is O=C(O)C1(c2cn(CC3CC3)nn2)CCC1. The molecule has 0 unspecified atom stereocenters. The van der Waals surface area contributed by atoms with Crippen LogP contribution >= 0.6 is 0 Å². The Morgan fingerprint density at radius 2 is 2.31 bits per heavy atom. The Morgan fingerprint density at radius 1 is 1.56 bits per heavy atom. The topological polar surface area (TPSA) is 68.0 Å². The average Bonchev–Trinajstić information content (AvgIpc) is 2.83. The summed E-state index contributed by atoms with van der Waals surface area (Å²) < 4.78 is 1.80. The molecule has 3 rings (SSSR count). The van der Waals surface area contributed by atoms with Crippen LogP contribution in [0, 0.1) is 5.92 Å². The quantitative estimate of drug-likeness (QED) is 0.829. The monoisotopic (exact) mass is 221 g/mol. The molecule has 0 saturated heterocycles. The van der Waals surface area contributed by atoms with Crippen molar-refractivity contribution in [3.05, 3.63) is 11.9 Å². The van der Waals surface area contributed by atoms with Crippen LogP contribution in [0.1, 0.15) is 37.8 Å². The maximum Gasteiger partial charge on any atom is 0.315 e. The predicted octanol–water partition coefficient (Wildman–Crippen LogP) is 1.19. The minimum Gasteiger partial charge on any atom is -0.481 e. The highest BCUT2D eigenvalue weighted by Crippen LogP contribution is 2.43. The van der Waals surface area contributed by atoms with Crippen LogP contribution in [0.4, 0.5) is 0 Å². The lowest BCUT2D eigenvalue weighted by Gasteiger charge is -2.35. The molecular weight excluding hydrogens is 206 g/mol. The molecule has 0 aliphatic heterocycles. The number of carbonyl (C=O) groups is 1. The zero-order chi connectivity index (χ0) is 11.2. The van der Waals surface area contributed by atoms with Gasteiger partial charge in [0.25, 0.3) is 0 Å². The Balaban J connectivity index is 1.82. The second-order valence-corrected chi connectivity index (χ2v) is 5.01. The molecule has 2 aliphatic carbocycles. The lowest BCUT2D eigenvalue weighted by Crippen LogP contribution is -2.42. The predicted molar refractivity (Wildman–Crippen MR) is 55.9 cm³/mol. The highest BCUT2D eigenvalue weighted by Gasteiger charge is 2.48. The van der Waals surface area contributed by atoms with E-state index in [1.165, 1.54) is 12.8 Å². The average molecular weight is 221 g/mol. The summed E-state index contributed by atoms with van der Waals surface area (Å²) in [6.45, 7) is 0.892. The first-order valence-electron chi connectivity index (χ1n) is 5.85. The van der Waals surface area contributed by atoms with Gasteiger partial charge in [0.1, 0.15) is 5.41 Å². The van der Waals surface area contributed by atoms with Gasteiger partial charge in [-0.15, -0.1) is 5.10 Å². The number of hydrogen-bond acceptors (Lipinski definition) is 3. The van der Waals surface area contributed by atoms with Crippen molar-refractivity contribution in [1.82, 2.24) is 15.0 Å². The number of aromatic nitrogens is 3. The van der Waals surface area contributed by atoms with E-state index < -0.39 is 11.4 Å². The smallest absolute Gasteiger partial charge is 0.315 e. The summed E-state index contributed by atoms with van der Waals surface area (Å²) in [5.74, 6) is -0.0195. The van der Waals surface area contributed by atoms with Gasteiger partial charge in [0, 0.05) is 12.7 Å². The van der Waals surface area contributed by atoms with Gasteiger partial charge in [-0.25, -0.2) is 0 Å². The molecule has 5 heteroatoms. The fraction of sp³-hybridized carbons (Fsp3) is 0.727. The molecule has 1 aromatic rings. The van der Waals surface area contributed by atoms with Crippen LogP contribution in [0.5, 0.6) is 0 Å². The highest BCUT2D eigenvalue weighted by molar-refractivity contribution is 5.81. The van der Waals surface area contributed by atoms with Crippen molar-refractivity contribution in [2.75, 3.05) is 0 Å². The van der Waals surface area contributed by atoms with Crippen molar-refractivity contribution >= 4 is 5.97 Å². The van der Waals surface area contributed by atoms with Crippen molar-refractivity contribution in [2.45, 2.75) is 44.1 Å². The van der Waals surface area contributed by atoms with Gasteiger partial charge in [0.05, 0.1) is 5.69 Å². The molecule has 0 radical (unpaired) electrons. The summed E-state index contributed by atoms with van der Waals surface area (Å²) >= 11 is 0. The second-order valence-electron chi connectivity index (χ2n) is 5.01. The van der Waals surface area contributed by atoms with Crippen LogP contribution in [-0.4, -0.2) is 26.1 Å². The second kappa shape index (κ2) is 3.30. The maximum atomic E-state index is 11.3. The Morgan fingerprint density at radius 3 is 2.81 bits per heavy atom. The number of nitrogens with zero attached hydrogens (tertiary/aromatic N) is 3. The highest BCUT2D eigenvalue weighted by atomic mass is 16.4. The van der Waals surface area contributed by atoms with Gasteiger partial charge in [-0.2, -0.15) is 0 Å². The first-order chi connectivity index (χ1) is 7.71. The molecule has 0 amide bonds. The molecule has 0 aromatic carbocycles. The van der Waals surface area contributed by atoms with Crippen molar-refractivity contribution in [3.8, 4) is 0 Å². The first-order valence-corrected chi connectivity index (χ1v) is 5.85. The van der Waals surface area contributed by atoms with E-state index in [1.54, 1.807) is 4.68 Å². The third-order valence-electron chi connectivity index (χ3n) is 3.79. The summed E-state index contributed by atoms with van der Waals surface area (Å²) in [5.41, 5.74) is -0.0890.